The Bertz CT molecular complexity index is 816. The van der Waals surface area contributed by atoms with Crippen molar-refractivity contribution in [2.45, 2.75) is 6.42 Å². The SMILES string of the molecule is CS(=O)(=O)NCCc1ccc(N2C=C(O)NS2(=O)=O)c(O)c1. The topological polar surface area (TPSA) is 136 Å². The molecule has 4 N–H and O–H groups in total. The number of nitrogens with one attached hydrogen (secondary N) is 2. The quantitative estimate of drug-likeness (QED) is 0.565. The van der Waals surface area contributed by atoms with E-state index in [1.54, 1.807) is 6.07 Å². The third-order valence-electron chi connectivity index (χ3n) is 2.79. The molecule has 0 amide bonds. The molecule has 1 aliphatic rings. The molecule has 1 heterocycles. The molecule has 11 heteroatoms. The number of nitrogens with zero attached hydrogens (tertiary/aromatic N) is 1. The molecule has 0 saturated heterocycles. The summed E-state index contributed by atoms with van der Waals surface area (Å²) in [5.41, 5.74) is 0.589. The number of benzene rings is 1. The summed E-state index contributed by atoms with van der Waals surface area (Å²) in [6, 6.07) is 4.25. The van der Waals surface area contributed by atoms with Gasteiger partial charge in [0.15, 0.2) is 0 Å². The standard InChI is InChI=1S/C11H15N3O6S2/c1-21(17,18)12-5-4-8-2-3-9(10(15)6-8)14-7-11(16)13-22(14,19)20/h2-3,6-7,12-13,15-16H,4-5H2,1H3. The molecule has 0 fully saturated rings. The Morgan fingerprint density at radius 2 is 2.00 bits per heavy atom. The third kappa shape index (κ3) is 3.81. The van der Waals surface area contributed by atoms with Crippen LogP contribution < -0.4 is 13.7 Å². The van der Waals surface area contributed by atoms with E-state index in [1.807, 2.05) is 4.72 Å². The summed E-state index contributed by atoms with van der Waals surface area (Å²) in [5, 5.41) is 19.2. The van der Waals surface area contributed by atoms with Crippen LogP contribution in [0.2, 0.25) is 0 Å². The number of rotatable bonds is 5. The molecule has 122 valence electrons. The lowest BCUT2D eigenvalue weighted by Crippen LogP contribution is -2.29. The highest BCUT2D eigenvalue weighted by atomic mass is 32.2. The number of sulfonamides is 1. The average Bonchev–Trinajstić information content (AvgIpc) is 2.61. The van der Waals surface area contributed by atoms with Gasteiger partial charge in [-0.3, -0.25) is 0 Å². The van der Waals surface area contributed by atoms with Crippen LogP contribution in [0.4, 0.5) is 5.69 Å². The maximum absolute atomic E-state index is 11.7. The summed E-state index contributed by atoms with van der Waals surface area (Å²) in [5.74, 6) is -0.867. The van der Waals surface area contributed by atoms with Gasteiger partial charge >= 0.3 is 10.2 Å². The van der Waals surface area contributed by atoms with Crippen molar-refractivity contribution in [3.05, 3.63) is 35.8 Å². The minimum atomic E-state index is -3.97. The van der Waals surface area contributed by atoms with Gasteiger partial charge in [0.2, 0.25) is 15.9 Å². The van der Waals surface area contributed by atoms with Gasteiger partial charge in [0.1, 0.15) is 11.4 Å². The maximum Gasteiger partial charge on any atom is 0.330 e. The molecule has 9 nitrogen and oxygen atoms in total. The molecular weight excluding hydrogens is 334 g/mol. The first-order valence-electron chi connectivity index (χ1n) is 6.08. The van der Waals surface area contributed by atoms with Gasteiger partial charge in [0.25, 0.3) is 0 Å². The summed E-state index contributed by atoms with van der Waals surface area (Å²) in [6.45, 7) is 0.155. The van der Waals surface area contributed by atoms with Crippen molar-refractivity contribution in [2.75, 3.05) is 17.1 Å². The van der Waals surface area contributed by atoms with Crippen LogP contribution in [0.25, 0.3) is 0 Å². The van der Waals surface area contributed by atoms with Crippen molar-refractivity contribution >= 4 is 25.9 Å². The lowest BCUT2D eigenvalue weighted by atomic mass is 10.1. The predicted molar refractivity (Wildman–Crippen MR) is 79.9 cm³/mol. The molecule has 22 heavy (non-hydrogen) atoms. The Balaban J connectivity index is 2.17. The highest BCUT2D eigenvalue weighted by molar-refractivity contribution is 7.91. The van der Waals surface area contributed by atoms with Gasteiger partial charge in [0.05, 0.1) is 12.5 Å². The monoisotopic (exact) mass is 349 g/mol. The van der Waals surface area contributed by atoms with E-state index in [4.69, 9.17) is 0 Å². The normalized spacial score (nSPS) is 17.1. The fourth-order valence-electron chi connectivity index (χ4n) is 1.88. The largest absolute Gasteiger partial charge is 0.506 e. The van der Waals surface area contributed by atoms with Gasteiger partial charge in [-0.1, -0.05) is 6.07 Å². The van der Waals surface area contributed by atoms with Crippen LogP contribution in [0.1, 0.15) is 5.56 Å². The second-order valence-electron chi connectivity index (χ2n) is 4.66. The molecule has 0 spiro atoms. The van der Waals surface area contributed by atoms with Gasteiger partial charge < -0.3 is 10.2 Å². The Kier molecular flexibility index (Phi) is 4.22. The molecular formula is C11H15N3O6S2. The highest BCUT2D eigenvalue weighted by Crippen LogP contribution is 2.32. The van der Waals surface area contributed by atoms with Crippen LogP contribution in [0.5, 0.6) is 5.75 Å². The molecule has 1 aliphatic heterocycles. The van der Waals surface area contributed by atoms with E-state index >= 15 is 0 Å². The van der Waals surface area contributed by atoms with Crippen LogP contribution in [0.3, 0.4) is 0 Å². The van der Waals surface area contributed by atoms with Crippen molar-refractivity contribution in [3.8, 4) is 5.75 Å². The predicted octanol–water partition coefficient (Wildman–Crippen LogP) is -0.505. The molecule has 0 unspecified atom stereocenters. The summed E-state index contributed by atoms with van der Waals surface area (Å²) >= 11 is 0. The van der Waals surface area contributed by atoms with Crippen molar-refractivity contribution in [1.29, 1.82) is 0 Å². The number of anilines is 1. The van der Waals surface area contributed by atoms with E-state index in [0.717, 1.165) is 12.5 Å². The molecule has 1 aromatic carbocycles. The first-order chi connectivity index (χ1) is 10.1. The zero-order chi connectivity index (χ0) is 16.5. The Hall–Kier alpha value is -1.98. The molecule has 2 rings (SSSR count). The number of phenols is 1. The summed E-state index contributed by atoms with van der Waals surface area (Å²) in [7, 11) is -7.26. The molecule has 0 aromatic heterocycles. The number of aliphatic hydroxyl groups is 1. The minimum Gasteiger partial charge on any atom is -0.506 e. The number of aliphatic hydroxyl groups excluding tert-OH is 1. The van der Waals surface area contributed by atoms with Gasteiger partial charge in [-0.2, -0.15) is 8.42 Å². The number of aromatic hydroxyl groups is 1. The molecule has 1 aromatic rings. The van der Waals surface area contributed by atoms with E-state index in [0.29, 0.717) is 16.3 Å². The van der Waals surface area contributed by atoms with E-state index in [9.17, 15) is 27.0 Å². The second-order valence-corrected chi connectivity index (χ2v) is 8.04. The first kappa shape index (κ1) is 16.4. The Morgan fingerprint density at radius 1 is 1.32 bits per heavy atom. The van der Waals surface area contributed by atoms with E-state index in [1.165, 1.54) is 12.1 Å². The fraction of sp³-hybridized carbons (Fsp3) is 0.273. The fourth-order valence-corrected chi connectivity index (χ4v) is 3.42. The Morgan fingerprint density at radius 3 is 2.50 bits per heavy atom. The molecule has 0 bridgehead atoms. The van der Waals surface area contributed by atoms with Crippen LogP contribution >= 0.6 is 0 Å². The number of hydrogen-bond acceptors (Lipinski definition) is 6. The van der Waals surface area contributed by atoms with Crippen molar-refractivity contribution < 1.29 is 27.0 Å². The molecule has 0 atom stereocenters. The average molecular weight is 349 g/mol. The van der Waals surface area contributed by atoms with Crippen LogP contribution in [-0.2, 0) is 26.7 Å². The van der Waals surface area contributed by atoms with E-state index in [-0.39, 0.29) is 18.0 Å². The summed E-state index contributed by atoms with van der Waals surface area (Å²) in [4.78, 5) is 0. The van der Waals surface area contributed by atoms with Gasteiger partial charge in [-0.05, 0) is 24.1 Å². The first-order valence-corrected chi connectivity index (χ1v) is 9.41. The van der Waals surface area contributed by atoms with Gasteiger partial charge in [0, 0.05) is 6.54 Å². The number of phenolic OH excluding ortho intramolecular Hbond substituents is 1. The maximum atomic E-state index is 11.7. The lowest BCUT2D eigenvalue weighted by Gasteiger charge is -2.16. The van der Waals surface area contributed by atoms with Gasteiger partial charge in [-0.25, -0.2) is 22.2 Å². The van der Waals surface area contributed by atoms with E-state index < -0.39 is 26.1 Å². The molecule has 0 saturated carbocycles. The smallest absolute Gasteiger partial charge is 0.330 e. The number of hydrogen-bond donors (Lipinski definition) is 4. The molecule has 0 radical (unpaired) electrons. The van der Waals surface area contributed by atoms with Crippen LogP contribution in [0.15, 0.2) is 30.3 Å². The van der Waals surface area contributed by atoms with Crippen LogP contribution in [-0.4, -0.2) is 39.8 Å². The zero-order valence-corrected chi connectivity index (χ0v) is 13.1. The van der Waals surface area contributed by atoms with Crippen molar-refractivity contribution in [2.24, 2.45) is 0 Å². The lowest BCUT2D eigenvalue weighted by molar-refractivity contribution is 0.392. The second kappa shape index (κ2) is 5.66. The molecule has 0 aliphatic carbocycles. The third-order valence-corrected chi connectivity index (χ3v) is 4.80. The summed E-state index contributed by atoms with van der Waals surface area (Å²) in [6.07, 6.45) is 2.29. The highest BCUT2D eigenvalue weighted by Gasteiger charge is 2.30. The van der Waals surface area contributed by atoms with Crippen molar-refractivity contribution in [1.82, 2.24) is 9.44 Å². The Labute approximate surface area is 128 Å². The van der Waals surface area contributed by atoms with E-state index in [2.05, 4.69) is 4.72 Å². The van der Waals surface area contributed by atoms with Gasteiger partial charge in [-0.15, -0.1) is 0 Å². The van der Waals surface area contributed by atoms with Crippen molar-refractivity contribution in [3.63, 3.8) is 0 Å². The minimum absolute atomic E-state index is 0.0311. The van der Waals surface area contributed by atoms with Crippen LogP contribution in [0, 0.1) is 0 Å². The summed E-state index contributed by atoms with van der Waals surface area (Å²) < 4.78 is 50.2. The zero-order valence-electron chi connectivity index (χ0n) is 11.5.